The van der Waals surface area contributed by atoms with Crippen molar-refractivity contribution in [2.75, 3.05) is 6.54 Å². The Morgan fingerprint density at radius 1 is 1.38 bits per heavy atom. The van der Waals surface area contributed by atoms with Crippen LogP contribution < -0.4 is 5.73 Å². The van der Waals surface area contributed by atoms with Crippen LogP contribution in [0.5, 0.6) is 0 Å². The van der Waals surface area contributed by atoms with Crippen molar-refractivity contribution in [2.45, 2.75) is 30.5 Å². The van der Waals surface area contributed by atoms with Crippen molar-refractivity contribution in [3.8, 4) is 0 Å². The topological polar surface area (TPSA) is 46.2 Å². The van der Waals surface area contributed by atoms with Gasteiger partial charge in [-0.25, -0.2) is 4.39 Å². The fraction of sp³-hybridized carbons (Fsp3) is 0.500. The average molecular weight is 243 g/mol. The van der Waals surface area contributed by atoms with Gasteiger partial charge in [0.25, 0.3) is 0 Å². The molecular weight excluding hydrogens is 225 g/mol. The summed E-state index contributed by atoms with van der Waals surface area (Å²) in [6.45, 7) is 4.01. The summed E-state index contributed by atoms with van der Waals surface area (Å²) in [7, 11) is 0. The van der Waals surface area contributed by atoms with E-state index in [1.165, 1.54) is 17.8 Å². The predicted octanol–water partition coefficient (Wildman–Crippen LogP) is 2.33. The fourth-order valence-corrected chi connectivity index (χ4v) is 2.56. The monoisotopic (exact) mass is 243 g/mol. The Balaban J connectivity index is 2.79. The van der Waals surface area contributed by atoms with Gasteiger partial charge in [-0.1, -0.05) is 25.1 Å². The van der Waals surface area contributed by atoms with E-state index in [9.17, 15) is 9.50 Å². The van der Waals surface area contributed by atoms with E-state index in [1.807, 2.05) is 6.92 Å². The molecule has 0 radical (unpaired) electrons. The van der Waals surface area contributed by atoms with Gasteiger partial charge in [-0.2, -0.15) is 0 Å². The van der Waals surface area contributed by atoms with E-state index in [-0.39, 0.29) is 16.3 Å². The largest absolute Gasteiger partial charge is 0.392 e. The molecule has 1 aromatic rings. The molecule has 1 aromatic carbocycles. The second-order valence-corrected chi connectivity index (χ2v) is 5.41. The summed E-state index contributed by atoms with van der Waals surface area (Å²) in [5.41, 5.74) is 6.27. The molecule has 3 N–H and O–H groups in total. The fourth-order valence-electron chi connectivity index (χ4n) is 1.36. The van der Waals surface area contributed by atoms with E-state index in [2.05, 4.69) is 0 Å². The van der Waals surface area contributed by atoms with E-state index in [1.54, 1.807) is 25.1 Å². The molecule has 0 bridgehead atoms. The number of nitrogens with two attached hydrogens (primary N) is 1. The molecule has 0 fully saturated rings. The quantitative estimate of drug-likeness (QED) is 0.834. The molecule has 0 saturated heterocycles. The molecule has 3 unspecified atom stereocenters. The van der Waals surface area contributed by atoms with Crippen molar-refractivity contribution in [1.82, 2.24) is 0 Å². The van der Waals surface area contributed by atoms with E-state index < -0.39 is 6.10 Å². The number of hydrogen-bond donors (Lipinski definition) is 2. The first-order chi connectivity index (χ1) is 7.56. The normalized spacial score (nSPS) is 16.8. The van der Waals surface area contributed by atoms with Crippen LogP contribution in [0.2, 0.25) is 0 Å². The summed E-state index contributed by atoms with van der Waals surface area (Å²) in [6, 6.07) is 6.64. The predicted molar refractivity (Wildman–Crippen MR) is 66.9 cm³/mol. The van der Waals surface area contributed by atoms with Crippen LogP contribution in [-0.4, -0.2) is 23.0 Å². The van der Waals surface area contributed by atoms with Crippen LogP contribution in [0.1, 0.15) is 24.7 Å². The Bertz CT molecular complexity index is 333. The lowest BCUT2D eigenvalue weighted by Crippen LogP contribution is -2.20. The molecule has 0 aliphatic rings. The average Bonchev–Trinajstić information content (AvgIpc) is 2.26. The summed E-state index contributed by atoms with van der Waals surface area (Å²) in [5.74, 6) is -0.233. The van der Waals surface area contributed by atoms with Crippen molar-refractivity contribution in [3.63, 3.8) is 0 Å². The molecule has 1 rings (SSSR count). The van der Waals surface area contributed by atoms with E-state index in [0.717, 1.165) is 0 Å². The molecule has 4 heteroatoms. The summed E-state index contributed by atoms with van der Waals surface area (Å²) < 4.78 is 13.5. The van der Waals surface area contributed by atoms with Crippen molar-refractivity contribution in [3.05, 3.63) is 35.6 Å². The third-order valence-corrected chi connectivity index (χ3v) is 4.12. The highest BCUT2D eigenvalue weighted by molar-refractivity contribution is 8.00. The molecule has 0 aliphatic heterocycles. The Kier molecular flexibility index (Phi) is 5.25. The number of halogens is 1. The van der Waals surface area contributed by atoms with Crippen molar-refractivity contribution in [1.29, 1.82) is 0 Å². The number of benzene rings is 1. The molecular formula is C12H18FNOS. The van der Waals surface area contributed by atoms with Crippen molar-refractivity contribution < 1.29 is 9.50 Å². The summed E-state index contributed by atoms with van der Waals surface area (Å²) in [5, 5.41) is 9.36. The lowest BCUT2D eigenvalue weighted by Gasteiger charge is -2.21. The molecule has 3 atom stereocenters. The molecule has 90 valence electrons. The molecule has 0 aromatic heterocycles. The highest BCUT2D eigenvalue weighted by atomic mass is 32.2. The summed E-state index contributed by atoms with van der Waals surface area (Å²) in [6.07, 6.45) is -0.425. The molecule has 2 nitrogen and oxygen atoms in total. The lowest BCUT2D eigenvalue weighted by molar-refractivity contribution is 0.196. The Morgan fingerprint density at radius 3 is 2.50 bits per heavy atom. The molecule has 0 amide bonds. The minimum absolute atomic E-state index is 0.0353. The molecule has 0 heterocycles. The number of aliphatic hydroxyl groups is 1. The zero-order valence-electron chi connectivity index (χ0n) is 9.56. The van der Waals surface area contributed by atoms with Gasteiger partial charge in [-0.3, -0.25) is 0 Å². The molecule has 0 saturated carbocycles. The molecule has 0 spiro atoms. The van der Waals surface area contributed by atoms with Crippen molar-refractivity contribution in [2.24, 2.45) is 5.73 Å². The standard InChI is InChI=1S/C12H18FNOS/c1-8(15)9(2)16-12(7-14)10-5-3-4-6-11(10)13/h3-6,8-9,12,15H,7,14H2,1-2H3. The van der Waals surface area contributed by atoms with Gasteiger partial charge in [0.15, 0.2) is 0 Å². The van der Waals surface area contributed by atoms with E-state index in [0.29, 0.717) is 12.1 Å². The summed E-state index contributed by atoms with van der Waals surface area (Å²) in [4.78, 5) is 0. The molecule has 16 heavy (non-hydrogen) atoms. The highest BCUT2D eigenvalue weighted by Gasteiger charge is 2.19. The first-order valence-electron chi connectivity index (χ1n) is 5.34. The summed E-state index contributed by atoms with van der Waals surface area (Å²) >= 11 is 1.51. The smallest absolute Gasteiger partial charge is 0.127 e. The van der Waals surface area contributed by atoms with Gasteiger partial charge in [0.2, 0.25) is 0 Å². The van der Waals surface area contributed by atoms with Crippen LogP contribution >= 0.6 is 11.8 Å². The van der Waals surface area contributed by atoms with Gasteiger partial charge in [0.05, 0.1) is 6.10 Å². The Labute approximate surface area is 100 Å². The Morgan fingerprint density at radius 2 is 2.00 bits per heavy atom. The van der Waals surface area contributed by atoms with Crippen LogP contribution in [0.3, 0.4) is 0 Å². The molecule has 0 aliphatic carbocycles. The third kappa shape index (κ3) is 3.47. The maximum absolute atomic E-state index is 13.5. The number of rotatable bonds is 5. The van der Waals surface area contributed by atoms with Gasteiger partial charge in [-0.15, -0.1) is 11.8 Å². The van der Waals surface area contributed by atoms with Gasteiger partial charge >= 0.3 is 0 Å². The zero-order valence-corrected chi connectivity index (χ0v) is 10.4. The number of hydrogen-bond acceptors (Lipinski definition) is 3. The van der Waals surface area contributed by atoms with Crippen LogP contribution in [-0.2, 0) is 0 Å². The zero-order chi connectivity index (χ0) is 12.1. The van der Waals surface area contributed by atoms with Gasteiger partial charge < -0.3 is 10.8 Å². The minimum Gasteiger partial charge on any atom is -0.392 e. The SMILES string of the molecule is CC(O)C(C)SC(CN)c1ccccc1F. The van der Waals surface area contributed by atoms with Crippen LogP contribution in [0.15, 0.2) is 24.3 Å². The lowest BCUT2D eigenvalue weighted by atomic mass is 10.1. The van der Waals surface area contributed by atoms with Crippen LogP contribution in [0.25, 0.3) is 0 Å². The van der Waals surface area contributed by atoms with Gasteiger partial charge in [0.1, 0.15) is 5.82 Å². The number of thioether (sulfide) groups is 1. The first kappa shape index (κ1) is 13.5. The third-order valence-electron chi connectivity index (χ3n) is 2.52. The second-order valence-electron chi connectivity index (χ2n) is 3.83. The number of aliphatic hydroxyl groups excluding tert-OH is 1. The van der Waals surface area contributed by atoms with E-state index in [4.69, 9.17) is 5.73 Å². The van der Waals surface area contributed by atoms with Crippen molar-refractivity contribution >= 4 is 11.8 Å². The first-order valence-corrected chi connectivity index (χ1v) is 6.28. The van der Waals surface area contributed by atoms with Gasteiger partial charge in [-0.05, 0) is 13.0 Å². The highest BCUT2D eigenvalue weighted by Crippen LogP contribution is 2.33. The van der Waals surface area contributed by atoms with Crippen LogP contribution in [0, 0.1) is 5.82 Å². The minimum atomic E-state index is -0.425. The second kappa shape index (κ2) is 6.23. The van der Waals surface area contributed by atoms with Crippen LogP contribution in [0.4, 0.5) is 4.39 Å². The Hall–Kier alpha value is -0.580. The maximum atomic E-state index is 13.5. The van der Waals surface area contributed by atoms with E-state index >= 15 is 0 Å². The maximum Gasteiger partial charge on any atom is 0.127 e. The van der Waals surface area contributed by atoms with Gasteiger partial charge in [0, 0.05) is 22.6 Å².